The number of rotatable bonds is 8. The van der Waals surface area contributed by atoms with Gasteiger partial charge in [0.1, 0.15) is 6.54 Å². The maximum Gasteiger partial charge on any atom is 0.405 e. The van der Waals surface area contributed by atoms with Gasteiger partial charge >= 0.3 is 12.1 Å². The van der Waals surface area contributed by atoms with Crippen LogP contribution in [0.1, 0.15) is 40.4 Å². The van der Waals surface area contributed by atoms with Gasteiger partial charge in [-0.05, 0) is 42.5 Å². The van der Waals surface area contributed by atoms with Crippen LogP contribution in [0.2, 0.25) is 0 Å². The van der Waals surface area contributed by atoms with E-state index in [1.54, 1.807) is 23.5 Å². The normalized spacial score (nSPS) is 15.3. The summed E-state index contributed by atoms with van der Waals surface area (Å²) in [4.78, 5) is 36.8. The fraction of sp³-hybridized carbons (Fsp3) is 0.348. The Balaban J connectivity index is 1.53. The highest BCUT2D eigenvalue weighted by molar-refractivity contribution is 8.00. The summed E-state index contributed by atoms with van der Waals surface area (Å²) in [6.07, 6.45) is -1.72. The van der Waals surface area contributed by atoms with Crippen LogP contribution < -0.4 is 10.6 Å². The summed E-state index contributed by atoms with van der Waals surface area (Å²) in [6.45, 7) is -2.34. The van der Waals surface area contributed by atoms with E-state index in [4.69, 9.17) is 4.74 Å². The van der Waals surface area contributed by atoms with Crippen molar-refractivity contribution >= 4 is 29.5 Å². The van der Waals surface area contributed by atoms with Crippen molar-refractivity contribution in [2.75, 3.05) is 18.9 Å². The average Bonchev–Trinajstić information content (AvgIpc) is 2.80. The molecule has 10 heteroatoms. The van der Waals surface area contributed by atoms with Gasteiger partial charge in [-0.1, -0.05) is 36.4 Å². The predicted octanol–water partition coefficient (Wildman–Crippen LogP) is 3.81. The molecule has 2 aromatic rings. The molecule has 1 atom stereocenters. The zero-order valence-corrected chi connectivity index (χ0v) is 18.4. The van der Waals surface area contributed by atoms with Crippen LogP contribution in [-0.4, -0.2) is 42.9 Å². The number of alkyl halides is 3. The molecule has 2 N–H and O–H groups in total. The third-order valence-electron chi connectivity index (χ3n) is 4.99. The molecule has 6 nitrogen and oxygen atoms in total. The lowest BCUT2D eigenvalue weighted by Gasteiger charge is -2.26. The van der Waals surface area contributed by atoms with Crippen LogP contribution in [0, 0.1) is 0 Å². The van der Waals surface area contributed by atoms with E-state index in [9.17, 15) is 27.6 Å². The smallest absolute Gasteiger partial charge is 0.405 e. The number of aryl methyl sites for hydroxylation is 1. The number of esters is 1. The van der Waals surface area contributed by atoms with E-state index in [0.29, 0.717) is 4.90 Å². The maximum absolute atomic E-state index is 12.6. The number of benzene rings is 2. The molecule has 0 radical (unpaired) electrons. The van der Waals surface area contributed by atoms with Crippen molar-refractivity contribution in [2.45, 2.75) is 36.4 Å². The summed E-state index contributed by atoms with van der Waals surface area (Å²) in [7, 11) is 0. The van der Waals surface area contributed by atoms with E-state index in [1.165, 1.54) is 11.6 Å². The Labute approximate surface area is 193 Å². The van der Waals surface area contributed by atoms with E-state index in [0.717, 1.165) is 36.6 Å². The van der Waals surface area contributed by atoms with Crippen LogP contribution in [-0.2, 0) is 20.7 Å². The van der Waals surface area contributed by atoms with Crippen LogP contribution in [0.25, 0.3) is 0 Å². The zero-order chi connectivity index (χ0) is 23.8. The van der Waals surface area contributed by atoms with Crippen molar-refractivity contribution in [3.8, 4) is 0 Å². The summed E-state index contributed by atoms with van der Waals surface area (Å²) in [5, 5.41) is 4.67. The number of halogens is 3. The summed E-state index contributed by atoms with van der Waals surface area (Å²) in [6, 6.07) is 14.3. The minimum Gasteiger partial charge on any atom is -0.452 e. The maximum atomic E-state index is 12.6. The minimum absolute atomic E-state index is 0.0570. The number of carbonyl (C=O) groups excluding carboxylic acids is 3. The molecule has 0 saturated heterocycles. The Kier molecular flexibility index (Phi) is 8.37. The second kappa shape index (κ2) is 11.2. The molecule has 0 fully saturated rings. The molecular formula is C23H23F3N2O4S. The lowest BCUT2D eigenvalue weighted by Crippen LogP contribution is -2.36. The third kappa shape index (κ3) is 7.52. The van der Waals surface area contributed by atoms with Gasteiger partial charge in [0, 0.05) is 4.90 Å². The molecule has 1 aliphatic carbocycles. The van der Waals surface area contributed by atoms with Gasteiger partial charge in [-0.2, -0.15) is 13.2 Å². The first-order valence-electron chi connectivity index (χ1n) is 10.3. The lowest BCUT2D eigenvalue weighted by atomic mass is 9.88. The summed E-state index contributed by atoms with van der Waals surface area (Å²) in [5.41, 5.74) is 2.48. The third-order valence-corrected chi connectivity index (χ3v) is 6.06. The summed E-state index contributed by atoms with van der Waals surface area (Å²) < 4.78 is 41.3. The second-order valence-corrected chi connectivity index (χ2v) is 8.48. The molecular weight excluding hydrogens is 457 g/mol. The van der Waals surface area contributed by atoms with Crippen molar-refractivity contribution in [2.24, 2.45) is 0 Å². The van der Waals surface area contributed by atoms with Gasteiger partial charge in [-0.25, -0.2) is 4.79 Å². The first-order chi connectivity index (χ1) is 15.7. The molecule has 176 valence electrons. The molecule has 33 heavy (non-hydrogen) atoms. The van der Waals surface area contributed by atoms with E-state index in [-0.39, 0.29) is 23.3 Å². The van der Waals surface area contributed by atoms with Crippen molar-refractivity contribution in [3.05, 3.63) is 65.2 Å². The van der Waals surface area contributed by atoms with E-state index in [2.05, 4.69) is 11.4 Å². The van der Waals surface area contributed by atoms with E-state index >= 15 is 0 Å². The van der Waals surface area contributed by atoms with Crippen LogP contribution in [0.15, 0.2) is 53.4 Å². The fourth-order valence-electron chi connectivity index (χ4n) is 3.50. The number of fused-ring (bicyclic) bond motifs is 1. The van der Waals surface area contributed by atoms with Gasteiger partial charge in [-0.15, -0.1) is 11.8 Å². The molecule has 2 amide bonds. The Hall–Kier alpha value is -3.01. The van der Waals surface area contributed by atoms with Crippen molar-refractivity contribution in [1.29, 1.82) is 0 Å². The van der Waals surface area contributed by atoms with Gasteiger partial charge in [-0.3, -0.25) is 9.59 Å². The largest absolute Gasteiger partial charge is 0.452 e. The topological polar surface area (TPSA) is 84.5 Å². The molecule has 3 rings (SSSR count). The Morgan fingerprint density at radius 2 is 1.76 bits per heavy atom. The first-order valence-corrected chi connectivity index (χ1v) is 11.3. The number of carbonyl (C=O) groups is 3. The molecule has 0 aromatic heterocycles. The number of amides is 2. The highest BCUT2D eigenvalue weighted by atomic mass is 32.2. The average molecular weight is 481 g/mol. The number of hydrogen-bond donors (Lipinski definition) is 2. The van der Waals surface area contributed by atoms with Crippen LogP contribution in [0.5, 0.6) is 0 Å². The lowest BCUT2D eigenvalue weighted by molar-refractivity contribution is -0.140. The van der Waals surface area contributed by atoms with Crippen molar-refractivity contribution < 1.29 is 32.3 Å². The summed E-state index contributed by atoms with van der Waals surface area (Å²) >= 11 is 1.14. The molecule has 0 heterocycles. The van der Waals surface area contributed by atoms with Crippen LogP contribution in [0.3, 0.4) is 0 Å². The van der Waals surface area contributed by atoms with Gasteiger partial charge in [0.15, 0.2) is 6.61 Å². The van der Waals surface area contributed by atoms with Gasteiger partial charge in [0.2, 0.25) is 5.91 Å². The predicted molar refractivity (Wildman–Crippen MR) is 117 cm³/mol. The van der Waals surface area contributed by atoms with Crippen molar-refractivity contribution in [1.82, 2.24) is 10.6 Å². The molecule has 0 aliphatic heterocycles. The fourth-order valence-corrected chi connectivity index (χ4v) is 4.35. The van der Waals surface area contributed by atoms with E-state index in [1.807, 2.05) is 18.2 Å². The SMILES string of the molecule is O=C(COC(=O)c1ccccc1SCC(=O)N[C@@H]1CCCc2ccccc21)NCC(F)(F)F. The molecule has 0 saturated carbocycles. The molecule has 1 aliphatic rings. The number of nitrogens with one attached hydrogen (secondary N) is 2. The monoisotopic (exact) mass is 480 g/mol. The molecule has 2 aromatic carbocycles. The highest BCUT2D eigenvalue weighted by Crippen LogP contribution is 2.30. The second-order valence-electron chi connectivity index (χ2n) is 7.46. The van der Waals surface area contributed by atoms with Gasteiger partial charge in [0.25, 0.3) is 5.91 Å². The Morgan fingerprint density at radius 3 is 2.55 bits per heavy atom. The highest BCUT2D eigenvalue weighted by Gasteiger charge is 2.28. The van der Waals surface area contributed by atoms with Gasteiger partial charge in [0.05, 0.1) is 17.4 Å². The molecule has 0 unspecified atom stereocenters. The number of ether oxygens (including phenoxy) is 1. The Bertz CT molecular complexity index is 1010. The standard InChI is InChI=1S/C23H23F3N2O4S/c24-23(25,26)14-27-20(29)12-32-22(31)17-9-3-4-11-19(17)33-13-21(30)28-18-10-5-7-15-6-1-2-8-16(15)18/h1-4,6,8-9,11,18H,5,7,10,12-14H2,(H,27,29)(H,28,30)/t18-/m1/s1. The van der Waals surface area contributed by atoms with Crippen molar-refractivity contribution in [3.63, 3.8) is 0 Å². The van der Waals surface area contributed by atoms with Gasteiger partial charge < -0.3 is 15.4 Å². The van der Waals surface area contributed by atoms with E-state index < -0.39 is 31.2 Å². The quantitative estimate of drug-likeness (QED) is 0.444. The first kappa shape index (κ1) is 24.6. The number of hydrogen-bond acceptors (Lipinski definition) is 5. The minimum atomic E-state index is -4.55. The Morgan fingerprint density at radius 1 is 1.03 bits per heavy atom. The molecule has 0 spiro atoms. The van der Waals surface area contributed by atoms with Crippen LogP contribution in [0.4, 0.5) is 13.2 Å². The number of thioether (sulfide) groups is 1. The zero-order valence-electron chi connectivity index (χ0n) is 17.6. The van der Waals surface area contributed by atoms with Crippen LogP contribution >= 0.6 is 11.8 Å². The summed E-state index contributed by atoms with van der Waals surface area (Å²) in [5.74, 6) is -2.04. The molecule has 0 bridgehead atoms.